The molecular weight excluding hydrogens is 460 g/mol. The van der Waals surface area contributed by atoms with Crippen LogP contribution in [0.2, 0.25) is 0 Å². The van der Waals surface area contributed by atoms with E-state index in [1.54, 1.807) is 43.3 Å². The summed E-state index contributed by atoms with van der Waals surface area (Å²) >= 11 is 0. The average Bonchev–Trinajstić information content (AvgIpc) is 3.12. The lowest BCUT2D eigenvalue weighted by Gasteiger charge is -2.34. The van der Waals surface area contributed by atoms with Crippen LogP contribution in [0.4, 0.5) is 0 Å². The smallest absolute Gasteiger partial charge is 0.339 e. The van der Waals surface area contributed by atoms with Crippen molar-refractivity contribution in [2.75, 3.05) is 32.8 Å². The van der Waals surface area contributed by atoms with Crippen LogP contribution < -0.4 is 0 Å². The maximum Gasteiger partial charge on any atom is 0.339 e. The van der Waals surface area contributed by atoms with Crippen molar-refractivity contribution >= 4 is 27.9 Å². The second kappa shape index (κ2) is 9.55. The van der Waals surface area contributed by atoms with Gasteiger partial charge in [-0.3, -0.25) is 9.59 Å². The van der Waals surface area contributed by atoms with Gasteiger partial charge < -0.3 is 14.4 Å². The van der Waals surface area contributed by atoms with Crippen molar-refractivity contribution in [3.05, 3.63) is 64.7 Å². The first kappa shape index (κ1) is 23.9. The van der Waals surface area contributed by atoms with Gasteiger partial charge in [0.1, 0.15) is 6.10 Å². The maximum atomic E-state index is 13.0. The maximum absolute atomic E-state index is 13.0. The molecule has 0 saturated carbocycles. The van der Waals surface area contributed by atoms with E-state index < -0.39 is 40.6 Å². The van der Waals surface area contributed by atoms with Crippen molar-refractivity contribution in [1.82, 2.24) is 9.21 Å². The Bertz CT molecular complexity index is 1230. The van der Waals surface area contributed by atoms with Crippen LogP contribution in [-0.2, 0) is 29.1 Å². The summed E-state index contributed by atoms with van der Waals surface area (Å²) in [5.74, 6) is -1.54. The molecule has 2 aromatic carbocycles. The second-order valence-corrected chi connectivity index (χ2v) is 10.3. The Morgan fingerprint density at radius 2 is 1.76 bits per heavy atom. The third kappa shape index (κ3) is 4.83. The second-order valence-electron chi connectivity index (χ2n) is 8.40. The highest BCUT2D eigenvalue weighted by molar-refractivity contribution is 7.89. The lowest BCUT2D eigenvalue weighted by Crippen LogP contribution is -2.51. The lowest BCUT2D eigenvalue weighted by atomic mass is 10.0. The third-order valence-electron chi connectivity index (χ3n) is 6.03. The minimum Gasteiger partial charge on any atom is -0.455 e. The number of nitrogens with zero attached hydrogens (tertiary/aromatic N) is 2. The van der Waals surface area contributed by atoms with E-state index in [2.05, 4.69) is 0 Å². The fourth-order valence-corrected chi connectivity index (χ4v) is 5.85. The van der Waals surface area contributed by atoms with Crippen molar-refractivity contribution in [2.45, 2.75) is 31.3 Å². The molecule has 2 aromatic rings. The summed E-state index contributed by atoms with van der Waals surface area (Å²) in [5, 5.41) is 0. The number of rotatable bonds is 6. The summed E-state index contributed by atoms with van der Waals surface area (Å²) in [6.07, 6.45) is -0.914. The molecule has 0 bridgehead atoms. The lowest BCUT2D eigenvalue weighted by molar-refractivity contribution is -0.154. The molecule has 4 rings (SSSR count). The SMILES string of the molecule is Cc1ccc(S(=O)(=O)N2CCN(C(=O)COC(=O)C[C@H]3OC(=O)c4ccccc43)CC2)c(C)c1. The monoisotopic (exact) mass is 486 g/mol. The first-order valence-electron chi connectivity index (χ1n) is 11.0. The molecule has 9 nitrogen and oxygen atoms in total. The number of aryl methyl sites for hydroxylation is 2. The number of fused-ring (bicyclic) bond motifs is 1. The van der Waals surface area contributed by atoms with Gasteiger partial charge in [-0.15, -0.1) is 0 Å². The number of hydrogen-bond donors (Lipinski definition) is 0. The van der Waals surface area contributed by atoms with Crippen LogP contribution in [0, 0.1) is 13.8 Å². The minimum absolute atomic E-state index is 0.157. The third-order valence-corrected chi connectivity index (χ3v) is 8.08. The van der Waals surface area contributed by atoms with E-state index in [1.165, 1.54) is 9.21 Å². The van der Waals surface area contributed by atoms with Gasteiger partial charge in [0, 0.05) is 31.7 Å². The Labute approximate surface area is 198 Å². The number of amides is 1. The zero-order valence-electron chi connectivity index (χ0n) is 19.0. The van der Waals surface area contributed by atoms with Crippen molar-refractivity contribution in [3.63, 3.8) is 0 Å². The Balaban J connectivity index is 1.27. The molecule has 10 heteroatoms. The highest BCUT2D eigenvalue weighted by atomic mass is 32.2. The zero-order valence-corrected chi connectivity index (χ0v) is 19.8. The van der Waals surface area contributed by atoms with Crippen molar-refractivity contribution in [3.8, 4) is 0 Å². The predicted octanol–water partition coefficient (Wildman–Crippen LogP) is 1.98. The predicted molar refractivity (Wildman–Crippen MR) is 121 cm³/mol. The molecule has 2 aliphatic heterocycles. The first-order valence-corrected chi connectivity index (χ1v) is 12.4. The van der Waals surface area contributed by atoms with E-state index in [1.807, 2.05) is 13.0 Å². The van der Waals surface area contributed by atoms with Crippen LogP contribution in [0.3, 0.4) is 0 Å². The molecule has 0 spiro atoms. The summed E-state index contributed by atoms with van der Waals surface area (Å²) in [4.78, 5) is 38.3. The van der Waals surface area contributed by atoms with E-state index in [9.17, 15) is 22.8 Å². The number of hydrogen-bond acceptors (Lipinski definition) is 7. The van der Waals surface area contributed by atoms with Gasteiger partial charge in [0.15, 0.2) is 6.61 Å². The van der Waals surface area contributed by atoms with Crippen LogP contribution in [-0.4, -0.2) is 68.3 Å². The molecule has 0 aliphatic carbocycles. The standard InChI is InChI=1S/C24H26N2O7S/c1-16-7-8-21(17(2)13-16)34(30,31)26-11-9-25(10-12-26)22(27)15-32-23(28)14-20-18-5-3-4-6-19(18)24(29)33-20/h3-8,13,20H,9-12,14-15H2,1-2H3/t20-/m1/s1. The molecule has 0 aromatic heterocycles. The average molecular weight is 487 g/mol. The van der Waals surface area contributed by atoms with E-state index in [0.29, 0.717) is 16.7 Å². The number of ether oxygens (including phenoxy) is 2. The van der Waals surface area contributed by atoms with Crippen molar-refractivity contribution in [2.24, 2.45) is 0 Å². The Kier molecular flexibility index (Phi) is 6.72. The number of benzene rings is 2. The molecule has 180 valence electrons. The largest absolute Gasteiger partial charge is 0.455 e. The summed E-state index contributed by atoms with van der Waals surface area (Å²) in [5.41, 5.74) is 2.71. The van der Waals surface area contributed by atoms with Crippen LogP contribution in [0.15, 0.2) is 47.4 Å². The topological polar surface area (TPSA) is 110 Å². The van der Waals surface area contributed by atoms with Gasteiger partial charge >= 0.3 is 11.9 Å². The number of piperazine rings is 1. The zero-order chi connectivity index (χ0) is 24.5. The van der Waals surface area contributed by atoms with Crippen LogP contribution in [0.5, 0.6) is 0 Å². The molecule has 2 heterocycles. The van der Waals surface area contributed by atoms with Gasteiger partial charge in [-0.05, 0) is 31.5 Å². The normalized spacial score (nSPS) is 18.4. The highest BCUT2D eigenvalue weighted by Crippen LogP contribution is 2.33. The molecule has 1 saturated heterocycles. The van der Waals surface area contributed by atoms with Gasteiger partial charge in [-0.1, -0.05) is 35.9 Å². The molecule has 1 atom stereocenters. The quantitative estimate of drug-likeness (QED) is 0.574. The molecule has 1 amide bonds. The van der Waals surface area contributed by atoms with Gasteiger partial charge in [0.2, 0.25) is 10.0 Å². The van der Waals surface area contributed by atoms with Gasteiger partial charge in [-0.25, -0.2) is 13.2 Å². The van der Waals surface area contributed by atoms with Gasteiger partial charge in [-0.2, -0.15) is 4.31 Å². The van der Waals surface area contributed by atoms with E-state index >= 15 is 0 Å². The number of esters is 2. The summed E-state index contributed by atoms with van der Waals surface area (Å²) in [6, 6.07) is 12.0. The Morgan fingerprint density at radius 3 is 2.47 bits per heavy atom. The fraction of sp³-hybridized carbons (Fsp3) is 0.375. The first-order chi connectivity index (χ1) is 16.2. The number of cyclic esters (lactones) is 1. The number of carbonyl (C=O) groups is 3. The molecule has 0 N–H and O–H groups in total. The minimum atomic E-state index is -3.66. The molecule has 1 fully saturated rings. The summed E-state index contributed by atoms with van der Waals surface area (Å²) in [7, 11) is -3.66. The molecule has 34 heavy (non-hydrogen) atoms. The molecule has 0 radical (unpaired) electrons. The van der Waals surface area contributed by atoms with Gasteiger partial charge in [0.25, 0.3) is 5.91 Å². The van der Waals surface area contributed by atoms with E-state index in [-0.39, 0.29) is 37.5 Å². The van der Waals surface area contributed by atoms with E-state index in [4.69, 9.17) is 9.47 Å². The van der Waals surface area contributed by atoms with E-state index in [0.717, 1.165) is 5.56 Å². The van der Waals surface area contributed by atoms with Crippen LogP contribution in [0.1, 0.15) is 39.6 Å². The number of sulfonamides is 1. The van der Waals surface area contributed by atoms with Crippen LogP contribution in [0.25, 0.3) is 0 Å². The molecule has 0 unspecified atom stereocenters. The van der Waals surface area contributed by atoms with Crippen molar-refractivity contribution in [1.29, 1.82) is 0 Å². The molecule has 2 aliphatic rings. The van der Waals surface area contributed by atoms with Gasteiger partial charge in [0.05, 0.1) is 16.9 Å². The fourth-order valence-electron chi connectivity index (χ4n) is 4.22. The summed E-state index contributed by atoms with van der Waals surface area (Å²) in [6.45, 7) is 3.93. The summed E-state index contributed by atoms with van der Waals surface area (Å²) < 4.78 is 37.7. The highest BCUT2D eigenvalue weighted by Gasteiger charge is 2.34. The molecular formula is C24H26N2O7S. The number of carbonyl (C=O) groups excluding carboxylic acids is 3. The Hall–Kier alpha value is -3.24. The van der Waals surface area contributed by atoms with Crippen molar-refractivity contribution < 1.29 is 32.3 Å². The Morgan fingerprint density at radius 1 is 1.06 bits per heavy atom. The van der Waals surface area contributed by atoms with Crippen LogP contribution >= 0.6 is 0 Å².